The minimum Gasteiger partial charge on any atom is -0.395 e. The van der Waals surface area contributed by atoms with Gasteiger partial charge in [0.1, 0.15) is 0 Å². The van der Waals surface area contributed by atoms with E-state index in [1.165, 1.54) is 5.57 Å². The second-order valence-corrected chi connectivity index (χ2v) is 3.55. The molecule has 1 aliphatic heterocycles. The topological polar surface area (TPSA) is 49.3 Å². The summed E-state index contributed by atoms with van der Waals surface area (Å²) in [4.78, 5) is 11.3. The summed E-state index contributed by atoms with van der Waals surface area (Å²) in [7, 11) is 0. The summed E-state index contributed by atoms with van der Waals surface area (Å²) >= 11 is 0. The molecule has 2 aliphatic rings. The van der Waals surface area contributed by atoms with E-state index in [1.807, 2.05) is 6.92 Å². The van der Waals surface area contributed by atoms with Crippen LogP contribution in [0.2, 0.25) is 0 Å². The number of carbonyl (C=O) groups is 1. The molecule has 0 bridgehead atoms. The molecule has 2 N–H and O–H groups in total. The summed E-state index contributed by atoms with van der Waals surface area (Å²) in [5.74, 6) is 0.539. The van der Waals surface area contributed by atoms with Crippen LogP contribution in [0, 0.1) is 5.92 Å². The molecule has 1 aliphatic carbocycles. The zero-order valence-corrected chi connectivity index (χ0v) is 7.13. The third-order valence-electron chi connectivity index (χ3n) is 2.99. The van der Waals surface area contributed by atoms with Gasteiger partial charge in [0.15, 0.2) is 5.78 Å². The van der Waals surface area contributed by atoms with Gasteiger partial charge in [-0.1, -0.05) is 0 Å². The van der Waals surface area contributed by atoms with Gasteiger partial charge in [-0.15, -0.1) is 0 Å². The van der Waals surface area contributed by atoms with Crippen LogP contribution in [0.25, 0.3) is 0 Å². The predicted molar refractivity (Wildman–Crippen MR) is 44.7 cm³/mol. The number of allylic oxidation sites excluding steroid dienone is 1. The molecule has 1 fully saturated rings. The lowest BCUT2D eigenvalue weighted by Gasteiger charge is -2.12. The lowest BCUT2D eigenvalue weighted by Crippen LogP contribution is -2.31. The number of ketones is 1. The number of fused-ring (bicyclic) bond motifs is 1. The quantitative estimate of drug-likeness (QED) is 0.571. The number of aliphatic hydroxyl groups excluding tert-OH is 1. The van der Waals surface area contributed by atoms with Crippen molar-refractivity contribution in [3.8, 4) is 0 Å². The van der Waals surface area contributed by atoms with Gasteiger partial charge in [0.25, 0.3) is 0 Å². The molecule has 0 aromatic rings. The van der Waals surface area contributed by atoms with Gasteiger partial charge in [-0.3, -0.25) is 4.79 Å². The van der Waals surface area contributed by atoms with Crippen LogP contribution in [0.3, 0.4) is 0 Å². The molecule has 12 heavy (non-hydrogen) atoms. The highest BCUT2D eigenvalue weighted by Gasteiger charge is 2.38. The lowest BCUT2D eigenvalue weighted by molar-refractivity contribution is -0.115. The van der Waals surface area contributed by atoms with Gasteiger partial charge in [-0.25, -0.2) is 0 Å². The molecule has 0 spiro atoms. The maximum atomic E-state index is 11.3. The third-order valence-corrected chi connectivity index (χ3v) is 2.99. The molecular formula is C9H13NO2. The fourth-order valence-electron chi connectivity index (χ4n) is 2.16. The Morgan fingerprint density at radius 2 is 2.42 bits per heavy atom. The molecule has 0 aromatic carbocycles. The SMILES string of the molecule is CC1=C2CNC(CO)C2CC1=O. The molecule has 3 heteroatoms. The minimum absolute atomic E-state index is 0.112. The summed E-state index contributed by atoms with van der Waals surface area (Å²) in [6, 6.07) is 0.112. The highest BCUT2D eigenvalue weighted by atomic mass is 16.3. The summed E-state index contributed by atoms with van der Waals surface area (Å²) in [5.41, 5.74) is 2.14. The predicted octanol–water partition coefficient (Wildman–Crippen LogP) is -0.144. The van der Waals surface area contributed by atoms with Crippen molar-refractivity contribution in [1.82, 2.24) is 5.32 Å². The van der Waals surface area contributed by atoms with Crippen LogP contribution in [0.1, 0.15) is 13.3 Å². The Balaban J connectivity index is 2.27. The largest absolute Gasteiger partial charge is 0.395 e. The van der Waals surface area contributed by atoms with E-state index in [4.69, 9.17) is 5.11 Å². The Hall–Kier alpha value is -0.670. The smallest absolute Gasteiger partial charge is 0.159 e. The van der Waals surface area contributed by atoms with Crippen molar-refractivity contribution in [2.75, 3.05) is 13.2 Å². The van der Waals surface area contributed by atoms with Crippen LogP contribution >= 0.6 is 0 Å². The zero-order chi connectivity index (χ0) is 8.72. The number of hydrogen-bond donors (Lipinski definition) is 2. The highest BCUT2D eigenvalue weighted by Crippen LogP contribution is 2.34. The van der Waals surface area contributed by atoms with Crippen LogP contribution in [-0.2, 0) is 4.79 Å². The average Bonchev–Trinajstić information content (AvgIpc) is 2.55. The van der Waals surface area contributed by atoms with Crippen molar-refractivity contribution < 1.29 is 9.90 Å². The van der Waals surface area contributed by atoms with Crippen molar-refractivity contribution >= 4 is 5.78 Å². The molecule has 0 saturated carbocycles. The monoisotopic (exact) mass is 167 g/mol. The first-order valence-electron chi connectivity index (χ1n) is 4.31. The number of hydrogen-bond acceptors (Lipinski definition) is 3. The summed E-state index contributed by atoms with van der Waals surface area (Å²) in [6.07, 6.45) is 0.597. The maximum absolute atomic E-state index is 11.3. The van der Waals surface area contributed by atoms with Crippen molar-refractivity contribution in [3.63, 3.8) is 0 Å². The van der Waals surface area contributed by atoms with Crippen LogP contribution < -0.4 is 5.32 Å². The molecule has 0 aromatic heterocycles. The number of aliphatic hydroxyl groups is 1. The third kappa shape index (κ3) is 0.934. The fourth-order valence-corrected chi connectivity index (χ4v) is 2.16. The second kappa shape index (κ2) is 2.68. The molecule has 1 heterocycles. The number of nitrogens with one attached hydrogen (secondary N) is 1. The van der Waals surface area contributed by atoms with E-state index < -0.39 is 0 Å². The number of carbonyl (C=O) groups excluding carboxylic acids is 1. The van der Waals surface area contributed by atoms with Gasteiger partial charge in [-0.05, 0) is 18.1 Å². The first kappa shape index (κ1) is 7.95. The molecule has 1 saturated heterocycles. The van der Waals surface area contributed by atoms with Gasteiger partial charge in [-0.2, -0.15) is 0 Å². The Morgan fingerprint density at radius 1 is 1.67 bits per heavy atom. The van der Waals surface area contributed by atoms with Gasteiger partial charge >= 0.3 is 0 Å². The van der Waals surface area contributed by atoms with Gasteiger partial charge in [0.2, 0.25) is 0 Å². The average molecular weight is 167 g/mol. The van der Waals surface area contributed by atoms with Gasteiger partial charge in [0, 0.05) is 24.9 Å². The molecule has 0 amide bonds. The van der Waals surface area contributed by atoms with E-state index in [-0.39, 0.29) is 24.3 Å². The molecule has 3 nitrogen and oxygen atoms in total. The summed E-state index contributed by atoms with van der Waals surface area (Å²) in [5, 5.41) is 12.2. The van der Waals surface area contributed by atoms with E-state index >= 15 is 0 Å². The molecule has 2 rings (SSSR count). The Labute approximate surface area is 71.5 Å². The molecule has 2 unspecified atom stereocenters. The van der Waals surface area contributed by atoms with Crippen LogP contribution in [0.4, 0.5) is 0 Å². The van der Waals surface area contributed by atoms with E-state index in [0.29, 0.717) is 6.42 Å². The Kier molecular flexibility index (Phi) is 1.77. The van der Waals surface area contributed by atoms with Crippen molar-refractivity contribution in [2.45, 2.75) is 19.4 Å². The summed E-state index contributed by atoms with van der Waals surface area (Å²) < 4.78 is 0. The Bertz CT molecular complexity index is 257. The zero-order valence-electron chi connectivity index (χ0n) is 7.13. The number of Topliss-reactive ketones (excluding diaryl/α,β-unsaturated/α-hetero) is 1. The Morgan fingerprint density at radius 3 is 3.08 bits per heavy atom. The van der Waals surface area contributed by atoms with E-state index in [9.17, 15) is 4.79 Å². The highest BCUT2D eigenvalue weighted by molar-refractivity contribution is 5.99. The van der Waals surface area contributed by atoms with Crippen molar-refractivity contribution in [3.05, 3.63) is 11.1 Å². The van der Waals surface area contributed by atoms with Crippen LogP contribution in [0.5, 0.6) is 0 Å². The molecule has 0 radical (unpaired) electrons. The van der Waals surface area contributed by atoms with Crippen LogP contribution in [-0.4, -0.2) is 30.1 Å². The molecule has 2 atom stereocenters. The first-order chi connectivity index (χ1) is 5.74. The van der Waals surface area contributed by atoms with Crippen molar-refractivity contribution in [1.29, 1.82) is 0 Å². The minimum atomic E-state index is 0.112. The van der Waals surface area contributed by atoms with E-state index in [2.05, 4.69) is 5.32 Å². The second-order valence-electron chi connectivity index (χ2n) is 3.55. The molecule has 66 valence electrons. The van der Waals surface area contributed by atoms with Crippen molar-refractivity contribution in [2.24, 2.45) is 5.92 Å². The molecular weight excluding hydrogens is 154 g/mol. The van der Waals surface area contributed by atoms with E-state index in [1.54, 1.807) is 0 Å². The summed E-state index contributed by atoms with van der Waals surface area (Å²) in [6.45, 7) is 2.81. The normalized spacial score (nSPS) is 34.7. The maximum Gasteiger partial charge on any atom is 0.159 e. The fraction of sp³-hybridized carbons (Fsp3) is 0.667. The van der Waals surface area contributed by atoms with Gasteiger partial charge < -0.3 is 10.4 Å². The van der Waals surface area contributed by atoms with Crippen LogP contribution in [0.15, 0.2) is 11.1 Å². The standard InChI is InChI=1S/C9H13NO2/c1-5-7-3-10-8(4-11)6(7)2-9(5)12/h6,8,10-11H,2-4H2,1H3. The van der Waals surface area contributed by atoms with E-state index in [0.717, 1.165) is 12.1 Å². The van der Waals surface area contributed by atoms with Gasteiger partial charge in [0.05, 0.1) is 6.61 Å². The number of rotatable bonds is 1. The first-order valence-corrected chi connectivity index (χ1v) is 4.31. The lowest BCUT2D eigenvalue weighted by atomic mass is 9.98.